The number of rotatable bonds is 4. The SMILES string of the molecule is O=C1CC(N(C(=O)C23CC4CC(CC(C4)C2)C3)C2CCCCCC2)C(=O)N1c1ccccc1. The highest BCUT2D eigenvalue weighted by Gasteiger charge is 2.58. The fourth-order valence-electron chi connectivity index (χ4n) is 8.43. The molecule has 3 amide bonds. The van der Waals surface area contributed by atoms with Crippen molar-refractivity contribution in [3.05, 3.63) is 30.3 Å². The summed E-state index contributed by atoms with van der Waals surface area (Å²) in [7, 11) is 0. The second-order valence-corrected chi connectivity index (χ2v) is 11.7. The van der Waals surface area contributed by atoms with Gasteiger partial charge in [-0.25, -0.2) is 4.90 Å². The Balaban J connectivity index is 1.35. The average Bonchev–Trinajstić information content (AvgIpc) is 2.95. The zero-order valence-electron chi connectivity index (χ0n) is 19.6. The maximum Gasteiger partial charge on any atom is 0.257 e. The molecular formula is C28H36N2O3. The molecule has 5 heteroatoms. The van der Waals surface area contributed by atoms with Crippen molar-refractivity contribution in [3.63, 3.8) is 0 Å². The van der Waals surface area contributed by atoms with Crippen molar-refractivity contribution in [2.75, 3.05) is 4.90 Å². The molecule has 5 saturated carbocycles. The molecule has 5 aliphatic carbocycles. The zero-order valence-corrected chi connectivity index (χ0v) is 19.6. The van der Waals surface area contributed by atoms with E-state index in [1.54, 1.807) is 0 Å². The fourth-order valence-corrected chi connectivity index (χ4v) is 8.43. The van der Waals surface area contributed by atoms with Crippen LogP contribution in [0.2, 0.25) is 0 Å². The third-order valence-electron chi connectivity index (χ3n) is 9.42. The summed E-state index contributed by atoms with van der Waals surface area (Å²) in [4.78, 5) is 44.7. The number of nitrogens with zero attached hydrogens (tertiary/aromatic N) is 2. The van der Waals surface area contributed by atoms with Crippen molar-refractivity contribution < 1.29 is 14.4 Å². The summed E-state index contributed by atoms with van der Waals surface area (Å²) in [6.45, 7) is 0. The first-order valence-electron chi connectivity index (χ1n) is 13.3. The van der Waals surface area contributed by atoms with Crippen LogP contribution in [0.25, 0.3) is 0 Å². The number of benzene rings is 1. The van der Waals surface area contributed by atoms with Crippen LogP contribution in [0.1, 0.15) is 83.5 Å². The Kier molecular flexibility index (Phi) is 5.34. The molecule has 1 saturated heterocycles. The zero-order chi connectivity index (χ0) is 22.6. The van der Waals surface area contributed by atoms with Crippen LogP contribution >= 0.6 is 0 Å². The van der Waals surface area contributed by atoms with Gasteiger partial charge in [0.15, 0.2) is 0 Å². The van der Waals surface area contributed by atoms with E-state index in [2.05, 4.69) is 0 Å². The minimum atomic E-state index is -0.638. The molecule has 4 bridgehead atoms. The Morgan fingerprint density at radius 3 is 2.00 bits per heavy atom. The van der Waals surface area contributed by atoms with Gasteiger partial charge in [-0.15, -0.1) is 0 Å². The molecule has 1 aliphatic heterocycles. The lowest BCUT2D eigenvalue weighted by atomic mass is 9.49. The molecule has 6 aliphatic rings. The van der Waals surface area contributed by atoms with Crippen molar-refractivity contribution in [3.8, 4) is 0 Å². The van der Waals surface area contributed by atoms with Gasteiger partial charge in [0, 0.05) is 6.04 Å². The summed E-state index contributed by atoms with van der Waals surface area (Å²) in [6, 6.07) is 8.68. The Bertz CT molecular complexity index is 898. The molecule has 5 nitrogen and oxygen atoms in total. The van der Waals surface area contributed by atoms with E-state index in [4.69, 9.17) is 0 Å². The molecule has 1 aromatic carbocycles. The van der Waals surface area contributed by atoms with E-state index < -0.39 is 6.04 Å². The van der Waals surface area contributed by atoms with Gasteiger partial charge in [0.25, 0.3) is 5.91 Å². The number of imide groups is 1. The normalized spacial score (nSPS) is 36.3. The highest BCUT2D eigenvalue weighted by Crippen LogP contribution is 2.61. The number of hydrogen-bond acceptors (Lipinski definition) is 3. The smallest absolute Gasteiger partial charge is 0.257 e. The first kappa shape index (κ1) is 21.4. The molecule has 1 aromatic rings. The van der Waals surface area contributed by atoms with E-state index >= 15 is 0 Å². The Morgan fingerprint density at radius 2 is 1.42 bits per heavy atom. The van der Waals surface area contributed by atoms with Gasteiger partial charge in [0.1, 0.15) is 6.04 Å². The van der Waals surface area contributed by atoms with Gasteiger partial charge in [-0.05, 0) is 81.3 Å². The first-order valence-corrected chi connectivity index (χ1v) is 13.3. The predicted octanol–water partition coefficient (Wildman–Crippen LogP) is 5.09. The Labute approximate surface area is 196 Å². The van der Waals surface area contributed by atoms with Gasteiger partial charge in [0.2, 0.25) is 11.8 Å². The van der Waals surface area contributed by atoms with Crippen molar-refractivity contribution in [2.24, 2.45) is 23.2 Å². The van der Waals surface area contributed by atoms with Gasteiger partial charge in [-0.1, -0.05) is 43.9 Å². The third kappa shape index (κ3) is 3.63. The highest BCUT2D eigenvalue weighted by atomic mass is 16.2. The lowest BCUT2D eigenvalue weighted by Gasteiger charge is -2.57. The van der Waals surface area contributed by atoms with Gasteiger partial charge < -0.3 is 4.90 Å². The number of carbonyl (C=O) groups is 3. The van der Waals surface area contributed by atoms with E-state index in [-0.39, 0.29) is 35.6 Å². The number of anilines is 1. The molecule has 0 aromatic heterocycles. The summed E-state index contributed by atoms with van der Waals surface area (Å²) in [6.07, 6.45) is 13.5. The lowest BCUT2D eigenvalue weighted by molar-refractivity contribution is -0.164. The quantitative estimate of drug-likeness (QED) is 0.476. The summed E-state index contributed by atoms with van der Waals surface area (Å²) >= 11 is 0. The van der Waals surface area contributed by atoms with E-state index in [1.807, 2.05) is 35.2 Å². The van der Waals surface area contributed by atoms with Crippen LogP contribution in [0.3, 0.4) is 0 Å². The van der Waals surface area contributed by atoms with Crippen LogP contribution in [0, 0.1) is 23.2 Å². The second-order valence-electron chi connectivity index (χ2n) is 11.7. The minimum Gasteiger partial charge on any atom is -0.327 e. The van der Waals surface area contributed by atoms with E-state index in [0.29, 0.717) is 23.4 Å². The lowest BCUT2D eigenvalue weighted by Crippen LogP contribution is -2.60. The minimum absolute atomic E-state index is 0.0884. The Hall–Kier alpha value is -2.17. The van der Waals surface area contributed by atoms with E-state index in [1.165, 1.54) is 37.0 Å². The highest BCUT2D eigenvalue weighted by molar-refractivity contribution is 6.23. The molecule has 1 atom stereocenters. The number of hydrogen-bond donors (Lipinski definition) is 0. The van der Waals surface area contributed by atoms with Crippen molar-refractivity contribution >= 4 is 23.4 Å². The first-order chi connectivity index (χ1) is 16.0. The summed E-state index contributed by atoms with van der Waals surface area (Å²) in [5.41, 5.74) is 0.336. The van der Waals surface area contributed by atoms with Crippen LogP contribution in [-0.2, 0) is 14.4 Å². The molecule has 0 N–H and O–H groups in total. The topological polar surface area (TPSA) is 57.7 Å². The van der Waals surface area contributed by atoms with E-state index in [0.717, 1.165) is 44.9 Å². The van der Waals surface area contributed by atoms with E-state index in [9.17, 15) is 14.4 Å². The predicted molar refractivity (Wildman–Crippen MR) is 126 cm³/mol. The monoisotopic (exact) mass is 448 g/mol. The molecule has 176 valence electrons. The molecular weight excluding hydrogens is 412 g/mol. The third-order valence-corrected chi connectivity index (χ3v) is 9.42. The molecule has 7 rings (SSSR count). The summed E-state index contributed by atoms with van der Waals surface area (Å²) in [5.74, 6) is 1.88. The largest absolute Gasteiger partial charge is 0.327 e. The van der Waals surface area contributed by atoms with Gasteiger partial charge in [-0.2, -0.15) is 0 Å². The average molecular weight is 449 g/mol. The summed E-state index contributed by atoms with van der Waals surface area (Å²) < 4.78 is 0. The van der Waals surface area contributed by atoms with Gasteiger partial charge >= 0.3 is 0 Å². The molecule has 1 unspecified atom stereocenters. The van der Waals surface area contributed by atoms with Gasteiger partial charge in [-0.3, -0.25) is 14.4 Å². The van der Waals surface area contributed by atoms with Crippen LogP contribution in [-0.4, -0.2) is 34.7 Å². The molecule has 6 fully saturated rings. The number of amides is 3. The molecule has 1 heterocycles. The van der Waals surface area contributed by atoms with Crippen LogP contribution in [0.15, 0.2) is 30.3 Å². The summed E-state index contributed by atoms with van der Waals surface area (Å²) in [5, 5.41) is 0. The van der Waals surface area contributed by atoms with Gasteiger partial charge in [0.05, 0.1) is 17.5 Å². The second kappa shape index (κ2) is 8.25. The van der Waals surface area contributed by atoms with Crippen LogP contribution < -0.4 is 4.90 Å². The fraction of sp³-hybridized carbons (Fsp3) is 0.679. The number of carbonyl (C=O) groups excluding carboxylic acids is 3. The molecule has 33 heavy (non-hydrogen) atoms. The van der Waals surface area contributed by atoms with Crippen LogP contribution in [0.5, 0.6) is 0 Å². The molecule has 0 spiro atoms. The standard InChI is InChI=1S/C28H36N2O3/c31-25-15-24(26(32)30(25)23-10-6-3-7-11-23)29(22-8-4-1-2-5-9-22)27(33)28-16-19-12-20(17-28)14-21(13-19)18-28/h3,6-7,10-11,19-22,24H,1-2,4-5,8-9,12-18H2. The van der Waals surface area contributed by atoms with Crippen LogP contribution in [0.4, 0.5) is 5.69 Å². The van der Waals surface area contributed by atoms with Crippen molar-refractivity contribution in [1.29, 1.82) is 0 Å². The molecule has 0 radical (unpaired) electrons. The maximum atomic E-state index is 14.5. The maximum absolute atomic E-state index is 14.5. The Morgan fingerprint density at radius 1 is 0.848 bits per heavy atom. The van der Waals surface area contributed by atoms with Crippen molar-refractivity contribution in [2.45, 2.75) is 95.6 Å². The number of para-hydroxylation sites is 1. The van der Waals surface area contributed by atoms with Crippen molar-refractivity contribution in [1.82, 2.24) is 4.90 Å².